The van der Waals surface area contributed by atoms with Crippen LogP contribution in [-0.4, -0.2) is 47.4 Å². The minimum Gasteiger partial charge on any atom is -0.340 e. The van der Waals surface area contributed by atoms with Crippen molar-refractivity contribution in [3.63, 3.8) is 0 Å². The summed E-state index contributed by atoms with van der Waals surface area (Å²) in [4.78, 5) is 15.5. The molecule has 3 aromatic rings. The molecule has 0 aromatic carbocycles. The van der Waals surface area contributed by atoms with E-state index in [1.165, 1.54) is 0 Å². The Morgan fingerprint density at radius 3 is 2.50 bits per heavy atom. The lowest BCUT2D eigenvalue weighted by Gasteiger charge is -2.15. The Morgan fingerprint density at radius 2 is 1.83 bits per heavy atom. The Kier molecular flexibility index (Phi) is 4.28. The standard InChI is InChI=1S/C16H22N8/c1-6-23(7-2)16-19-14(22(5)21-16)9-8-13-18-15-12(4)17-10-11(3)24(15)20-13/h8-10H,6-7H2,1-5H3/b9-8+. The third-order valence-corrected chi connectivity index (χ3v) is 3.94. The van der Waals surface area contributed by atoms with Crippen molar-refractivity contribution in [1.29, 1.82) is 0 Å². The summed E-state index contributed by atoms with van der Waals surface area (Å²) in [5.74, 6) is 2.13. The first-order valence-corrected chi connectivity index (χ1v) is 8.06. The first kappa shape index (κ1) is 16.1. The number of aryl methyl sites for hydroxylation is 3. The molecule has 0 amide bonds. The molecular weight excluding hydrogens is 304 g/mol. The van der Waals surface area contributed by atoms with Crippen molar-refractivity contribution in [3.05, 3.63) is 29.2 Å². The van der Waals surface area contributed by atoms with Crippen LogP contribution in [0.3, 0.4) is 0 Å². The molecule has 0 atom stereocenters. The van der Waals surface area contributed by atoms with Crippen LogP contribution < -0.4 is 4.90 Å². The van der Waals surface area contributed by atoms with E-state index in [1.807, 2.05) is 33.0 Å². The summed E-state index contributed by atoms with van der Waals surface area (Å²) in [6, 6.07) is 0. The van der Waals surface area contributed by atoms with Crippen LogP contribution in [-0.2, 0) is 7.05 Å². The van der Waals surface area contributed by atoms with Gasteiger partial charge in [-0.05, 0) is 39.8 Å². The zero-order valence-electron chi connectivity index (χ0n) is 14.7. The highest BCUT2D eigenvalue weighted by atomic mass is 15.4. The molecule has 0 fully saturated rings. The average Bonchev–Trinajstić information content (AvgIpc) is 3.15. The summed E-state index contributed by atoms with van der Waals surface area (Å²) < 4.78 is 3.57. The van der Waals surface area contributed by atoms with Crippen LogP contribution >= 0.6 is 0 Å². The highest BCUT2D eigenvalue weighted by Crippen LogP contribution is 2.12. The first-order chi connectivity index (χ1) is 11.5. The van der Waals surface area contributed by atoms with Crippen molar-refractivity contribution in [3.8, 4) is 0 Å². The Morgan fingerprint density at radius 1 is 1.08 bits per heavy atom. The van der Waals surface area contributed by atoms with Crippen molar-refractivity contribution < 1.29 is 0 Å². The molecule has 0 N–H and O–H groups in total. The van der Waals surface area contributed by atoms with Gasteiger partial charge in [0.15, 0.2) is 17.3 Å². The molecule has 0 aliphatic rings. The van der Waals surface area contributed by atoms with Gasteiger partial charge in [-0.15, -0.1) is 10.2 Å². The van der Waals surface area contributed by atoms with Gasteiger partial charge in [0.1, 0.15) is 0 Å². The molecule has 0 spiro atoms. The third-order valence-electron chi connectivity index (χ3n) is 3.94. The summed E-state index contributed by atoms with van der Waals surface area (Å²) in [5.41, 5.74) is 2.58. The molecule has 8 heteroatoms. The van der Waals surface area contributed by atoms with Gasteiger partial charge in [0, 0.05) is 26.3 Å². The van der Waals surface area contributed by atoms with E-state index in [0.29, 0.717) is 5.82 Å². The van der Waals surface area contributed by atoms with E-state index in [4.69, 9.17) is 0 Å². The molecule has 0 aliphatic heterocycles. The van der Waals surface area contributed by atoms with Crippen molar-refractivity contribution in [2.45, 2.75) is 27.7 Å². The fourth-order valence-corrected chi connectivity index (χ4v) is 2.50. The van der Waals surface area contributed by atoms with Crippen LogP contribution in [0.15, 0.2) is 6.20 Å². The highest BCUT2D eigenvalue weighted by Gasteiger charge is 2.11. The highest BCUT2D eigenvalue weighted by molar-refractivity contribution is 5.65. The van der Waals surface area contributed by atoms with Gasteiger partial charge in [-0.1, -0.05) is 0 Å². The van der Waals surface area contributed by atoms with Gasteiger partial charge in [0.2, 0.25) is 5.95 Å². The average molecular weight is 326 g/mol. The number of hydrogen-bond acceptors (Lipinski definition) is 6. The predicted molar refractivity (Wildman–Crippen MR) is 93.7 cm³/mol. The summed E-state index contributed by atoms with van der Waals surface area (Å²) in [6.45, 7) is 9.83. The third kappa shape index (κ3) is 2.86. The molecule has 0 aliphatic carbocycles. The van der Waals surface area contributed by atoms with Crippen LogP contribution in [0, 0.1) is 13.8 Å². The number of fused-ring (bicyclic) bond motifs is 1. The van der Waals surface area contributed by atoms with Gasteiger partial charge < -0.3 is 4.90 Å². The summed E-state index contributed by atoms with van der Waals surface area (Å²) in [5, 5.41) is 8.96. The topological polar surface area (TPSA) is 77.0 Å². The maximum Gasteiger partial charge on any atom is 0.245 e. The molecule has 3 aromatic heterocycles. The number of anilines is 1. The van der Waals surface area contributed by atoms with Gasteiger partial charge in [-0.2, -0.15) is 4.98 Å². The fourth-order valence-electron chi connectivity index (χ4n) is 2.50. The van der Waals surface area contributed by atoms with Gasteiger partial charge in [-0.3, -0.25) is 4.98 Å². The molecule has 0 bridgehead atoms. The molecule has 3 rings (SSSR count). The van der Waals surface area contributed by atoms with Crippen molar-refractivity contribution in [1.82, 2.24) is 34.3 Å². The first-order valence-electron chi connectivity index (χ1n) is 8.06. The van der Waals surface area contributed by atoms with Crippen LogP contribution in [0.1, 0.15) is 36.9 Å². The molecule has 24 heavy (non-hydrogen) atoms. The second-order valence-corrected chi connectivity index (χ2v) is 5.59. The maximum atomic E-state index is 4.57. The zero-order valence-corrected chi connectivity index (χ0v) is 14.7. The quantitative estimate of drug-likeness (QED) is 0.712. The van der Waals surface area contributed by atoms with Crippen LogP contribution in [0.25, 0.3) is 17.8 Å². The van der Waals surface area contributed by atoms with E-state index >= 15 is 0 Å². The van der Waals surface area contributed by atoms with E-state index in [1.54, 1.807) is 15.4 Å². The lowest BCUT2D eigenvalue weighted by atomic mass is 10.4. The van der Waals surface area contributed by atoms with E-state index in [2.05, 4.69) is 43.9 Å². The van der Waals surface area contributed by atoms with Crippen LogP contribution in [0.4, 0.5) is 5.95 Å². The van der Waals surface area contributed by atoms with Crippen LogP contribution in [0.5, 0.6) is 0 Å². The van der Waals surface area contributed by atoms with E-state index in [-0.39, 0.29) is 0 Å². The lowest BCUT2D eigenvalue weighted by molar-refractivity contribution is 0.738. The van der Waals surface area contributed by atoms with Crippen molar-refractivity contribution in [2.75, 3.05) is 18.0 Å². The smallest absolute Gasteiger partial charge is 0.245 e. The molecule has 0 unspecified atom stereocenters. The summed E-state index contributed by atoms with van der Waals surface area (Å²) in [7, 11) is 1.88. The minimum atomic E-state index is 0.626. The molecule has 0 saturated heterocycles. The summed E-state index contributed by atoms with van der Waals surface area (Å²) >= 11 is 0. The number of rotatable bonds is 5. The molecule has 3 heterocycles. The number of nitrogens with zero attached hydrogens (tertiary/aromatic N) is 8. The monoisotopic (exact) mass is 326 g/mol. The molecular formula is C16H22N8. The predicted octanol–water partition coefficient (Wildman–Crippen LogP) is 1.89. The van der Waals surface area contributed by atoms with E-state index in [9.17, 15) is 0 Å². The second kappa shape index (κ2) is 6.38. The number of hydrogen-bond donors (Lipinski definition) is 0. The Hall–Kier alpha value is -2.77. The van der Waals surface area contributed by atoms with E-state index in [0.717, 1.165) is 41.9 Å². The second-order valence-electron chi connectivity index (χ2n) is 5.59. The fraction of sp³-hybridized carbons (Fsp3) is 0.438. The zero-order chi connectivity index (χ0) is 17.3. The van der Waals surface area contributed by atoms with Crippen LogP contribution in [0.2, 0.25) is 0 Å². The van der Waals surface area contributed by atoms with Gasteiger partial charge in [-0.25, -0.2) is 14.2 Å². The Labute approximate surface area is 140 Å². The molecule has 0 radical (unpaired) electrons. The Balaban J connectivity index is 1.91. The molecule has 126 valence electrons. The number of aromatic nitrogens is 7. The normalized spacial score (nSPS) is 11.7. The lowest BCUT2D eigenvalue weighted by Crippen LogP contribution is -2.23. The molecule has 0 saturated carbocycles. The summed E-state index contributed by atoms with van der Waals surface area (Å²) in [6.07, 6.45) is 5.53. The van der Waals surface area contributed by atoms with Gasteiger partial charge in [0.05, 0.1) is 11.4 Å². The van der Waals surface area contributed by atoms with Gasteiger partial charge in [0.25, 0.3) is 0 Å². The molecule has 8 nitrogen and oxygen atoms in total. The van der Waals surface area contributed by atoms with E-state index < -0.39 is 0 Å². The van der Waals surface area contributed by atoms with Crippen molar-refractivity contribution >= 4 is 23.7 Å². The van der Waals surface area contributed by atoms with Gasteiger partial charge >= 0.3 is 0 Å². The largest absolute Gasteiger partial charge is 0.340 e. The van der Waals surface area contributed by atoms with Crippen molar-refractivity contribution in [2.24, 2.45) is 7.05 Å². The maximum absolute atomic E-state index is 4.57. The SMILES string of the molecule is CCN(CC)c1nc(/C=C/c2nc3c(C)ncc(C)n3n2)n(C)n1. The Bertz CT molecular complexity index is 846. The minimum absolute atomic E-state index is 0.626.